The number of nitrogens with two attached hydrogens (primary N) is 1. The molecule has 0 heterocycles. The van der Waals surface area contributed by atoms with E-state index in [1.54, 1.807) is 0 Å². The topological polar surface area (TPSA) is 121 Å². The van der Waals surface area contributed by atoms with Crippen molar-refractivity contribution in [3.8, 4) is 0 Å². The summed E-state index contributed by atoms with van der Waals surface area (Å²) in [5.41, 5.74) is 8.29. The van der Waals surface area contributed by atoms with Crippen LogP contribution in [-0.2, 0) is 0 Å². The van der Waals surface area contributed by atoms with Crippen molar-refractivity contribution in [1.29, 1.82) is 0 Å². The van der Waals surface area contributed by atoms with Crippen LogP contribution >= 0.6 is 11.9 Å². The van der Waals surface area contributed by atoms with Crippen LogP contribution in [0.2, 0.25) is 0 Å². The average Bonchev–Trinajstić information content (AvgIpc) is 2.41. The van der Waals surface area contributed by atoms with Gasteiger partial charge in [-0.15, -0.1) is 0 Å². The Bertz CT molecular complexity index is 401. The molecule has 0 aromatic rings. The van der Waals surface area contributed by atoms with Gasteiger partial charge in [-0.2, -0.15) is 10.2 Å². The molecule has 120 valence electrons. The zero-order chi connectivity index (χ0) is 15.9. The summed E-state index contributed by atoms with van der Waals surface area (Å²) in [6.07, 6.45) is 4.90. The van der Waals surface area contributed by atoms with Gasteiger partial charge in [0.15, 0.2) is 0 Å². The second-order valence-corrected chi connectivity index (χ2v) is 6.85. The quantitative estimate of drug-likeness (QED) is 0.363. The Morgan fingerprint density at radius 1 is 1.14 bits per heavy atom. The number of urea groups is 1. The summed E-state index contributed by atoms with van der Waals surface area (Å²) in [5.74, 6) is 0. The van der Waals surface area contributed by atoms with Gasteiger partial charge in [0.1, 0.15) is 5.66 Å². The molecule has 0 atom stereocenters. The number of amides is 3. The number of nitrogens with one attached hydrogen (secondary N) is 3. The summed E-state index contributed by atoms with van der Waals surface area (Å²) in [7, 11) is 0. The Balaban J connectivity index is 2.60. The van der Waals surface area contributed by atoms with Gasteiger partial charge in [0, 0.05) is 11.9 Å². The summed E-state index contributed by atoms with van der Waals surface area (Å²) in [6, 6.07) is -0.816. The van der Waals surface area contributed by atoms with Crippen molar-refractivity contribution in [2.75, 3.05) is 0 Å². The van der Waals surface area contributed by atoms with Gasteiger partial charge in [-0.25, -0.2) is 14.9 Å². The maximum Gasteiger partial charge on any atom is 0.330 e. The van der Waals surface area contributed by atoms with Crippen LogP contribution in [-0.4, -0.2) is 22.5 Å². The minimum atomic E-state index is -0.816. The van der Waals surface area contributed by atoms with Gasteiger partial charge in [-0.05, 0) is 46.5 Å². The highest BCUT2D eigenvalue weighted by atomic mass is 32.2. The Kier molecular flexibility index (Phi) is 6.41. The number of nitrogens with zero attached hydrogens (tertiary/aromatic N) is 2. The first-order chi connectivity index (χ1) is 9.72. The molecule has 0 radical (unpaired) electrons. The van der Waals surface area contributed by atoms with Crippen LogP contribution in [0.15, 0.2) is 10.2 Å². The monoisotopic (exact) mass is 316 g/mol. The Morgan fingerprint density at radius 2 is 1.76 bits per heavy atom. The minimum absolute atomic E-state index is 0.257. The lowest BCUT2D eigenvalue weighted by Gasteiger charge is -2.33. The van der Waals surface area contributed by atoms with Crippen molar-refractivity contribution < 1.29 is 9.59 Å². The fourth-order valence-corrected chi connectivity index (χ4v) is 2.51. The third kappa shape index (κ3) is 7.28. The first-order valence-corrected chi connectivity index (χ1v) is 7.78. The molecule has 3 amide bonds. The van der Waals surface area contributed by atoms with E-state index in [9.17, 15) is 9.59 Å². The molecular formula is C12H24N6O2S. The molecule has 1 aliphatic carbocycles. The van der Waals surface area contributed by atoms with E-state index in [1.165, 1.54) is 0 Å². The Labute approximate surface area is 129 Å². The molecule has 21 heavy (non-hydrogen) atoms. The Morgan fingerprint density at radius 3 is 2.29 bits per heavy atom. The number of hydrazine groups is 1. The predicted octanol–water partition coefficient (Wildman–Crippen LogP) is 2.43. The van der Waals surface area contributed by atoms with E-state index < -0.39 is 16.9 Å². The fraction of sp³-hybridized carbons (Fsp3) is 0.833. The molecule has 9 heteroatoms. The maximum atomic E-state index is 11.6. The van der Waals surface area contributed by atoms with Crippen molar-refractivity contribution in [3.63, 3.8) is 0 Å². The summed E-state index contributed by atoms with van der Waals surface area (Å²) in [6.45, 7) is 5.93. The van der Waals surface area contributed by atoms with Crippen molar-refractivity contribution >= 4 is 23.2 Å². The first-order valence-electron chi connectivity index (χ1n) is 6.96. The van der Waals surface area contributed by atoms with E-state index in [1.807, 2.05) is 26.2 Å². The maximum absolute atomic E-state index is 11.6. The number of rotatable bonds is 3. The summed E-state index contributed by atoms with van der Waals surface area (Å²) < 4.78 is 3.08. The van der Waals surface area contributed by atoms with Gasteiger partial charge in [0.2, 0.25) is 0 Å². The van der Waals surface area contributed by atoms with Crippen molar-refractivity contribution in [2.24, 2.45) is 16.0 Å². The van der Waals surface area contributed by atoms with Crippen LogP contribution in [0.25, 0.3) is 0 Å². The normalized spacial score (nSPS) is 18.4. The summed E-state index contributed by atoms with van der Waals surface area (Å²) >= 11 is 0.850. The molecule has 0 aromatic carbocycles. The van der Waals surface area contributed by atoms with E-state index in [0.29, 0.717) is 0 Å². The molecule has 0 aromatic heterocycles. The zero-order valence-electron chi connectivity index (χ0n) is 12.7. The average molecular weight is 316 g/mol. The summed E-state index contributed by atoms with van der Waals surface area (Å²) in [5, 5.41) is 8.33. The highest BCUT2D eigenvalue weighted by Gasteiger charge is 2.33. The van der Waals surface area contributed by atoms with Gasteiger partial charge < -0.3 is 5.73 Å². The second kappa shape index (κ2) is 7.60. The molecular weight excluding hydrogens is 292 g/mol. The third-order valence-electron chi connectivity index (χ3n) is 2.84. The standard InChI is InChI=1S/C12H24N6O2S/c1-11(2,3)16-17-12(7-5-4-6-8-12)18-21-10(20)15-14-9(13)19/h18H,4-8H2,1-3H3,(H,15,20)(H3,13,14,19). The van der Waals surface area contributed by atoms with Crippen molar-refractivity contribution in [2.45, 2.75) is 64.1 Å². The molecule has 0 saturated heterocycles. The first kappa shape index (κ1) is 17.7. The van der Waals surface area contributed by atoms with Crippen LogP contribution in [0.1, 0.15) is 52.9 Å². The van der Waals surface area contributed by atoms with Crippen molar-refractivity contribution in [3.05, 3.63) is 0 Å². The lowest BCUT2D eigenvalue weighted by molar-refractivity contribution is 0.238. The molecule has 1 aliphatic rings. The molecule has 1 rings (SSSR count). The smallest absolute Gasteiger partial charge is 0.330 e. The van der Waals surface area contributed by atoms with Gasteiger partial charge in [0.25, 0.3) is 0 Å². The van der Waals surface area contributed by atoms with Crippen LogP contribution in [0.4, 0.5) is 9.59 Å². The number of carbonyl (C=O) groups is 2. The lowest BCUT2D eigenvalue weighted by Crippen LogP contribution is -2.46. The fourth-order valence-electron chi connectivity index (χ4n) is 1.88. The van der Waals surface area contributed by atoms with E-state index in [0.717, 1.165) is 44.1 Å². The molecule has 0 spiro atoms. The van der Waals surface area contributed by atoms with Crippen LogP contribution in [0.3, 0.4) is 0 Å². The molecule has 0 bridgehead atoms. The highest BCUT2D eigenvalue weighted by Crippen LogP contribution is 2.32. The minimum Gasteiger partial charge on any atom is -0.350 e. The van der Waals surface area contributed by atoms with Crippen LogP contribution in [0.5, 0.6) is 0 Å². The number of hydrogen-bond acceptors (Lipinski definition) is 6. The summed E-state index contributed by atoms with van der Waals surface area (Å²) in [4.78, 5) is 22.1. The van der Waals surface area contributed by atoms with Gasteiger partial charge in [-0.3, -0.25) is 10.2 Å². The largest absolute Gasteiger partial charge is 0.350 e. The number of primary amides is 1. The number of hydrogen-bond donors (Lipinski definition) is 4. The SMILES string of the molecule is CC(C)(C)N=NC1(NSC(=O)NNC(N)=O)CCCCC1. The van der Waals surface area contributed by atoms with E-state index in [2.05, 4.69) is 20.4 Å². The predicted molar refractivity (Wildman–Crippen MR) is 82.4 cm³/mol. The van der Waals surface area contributed by atoms with Crippen LogP contribution < -0.4 is 21.3 Å². The molecule has 1 fully saturated rings. The van der Waals surface area contributed by atoms with Crippen LogP contribution in [0, 0.1) is 0 Å². The van der Waals surface area contributed by atoms with Gasteiger partial charge in [-0.1, -0.05) is 6.42 Å². The van der Waals surface area contributed by atoms with E-state index in [4.69, 9.17) is 5.73 Å². The molecule has 5 N–H and O–H groups in total. The number of carbonyl (C=O) groups excluding carboxylic acids is 2. The third-order valence-corrected chi connectivity index (χ3v) is 3.61. The zero-order valence-corrected chi connectivity index (χ0v) is 13.5. The van der Waals surface area contributed by atoms with E-state index >= 15 is 0 Å². The Hall–Kier alpha value is -1.35. The molecule has 1 saturated carbocycles. The highest BCUT2D eigenvalue weighted by molar-refractivity contribution is 8.11. The number of azo groups is 1. The van der Waals surface area contributed by atoms with Gasteiger partial charge in [0.05, 0.1) is 5.54 Å². The molecule has 0 unspecified atom stereocenters. The lowest BCUT2D eigenvalue weighted by atomic mass is 9.90. The molecule has 8 nitrogen and oxygen atoms in total. The second-order valence-electron chi connectivity index (χ2n) is 6.07. The van der Waals surface area contributed by atoms with E-state index in [-0.39, 0.29) is 5.54 Å². The molecule has 0 aliphatic heterocycles. The van der Waals surface area contributed by atoms with Crippen molar-refractivity contribution in [1.82, 2.24) is 15.6 Å². The van der Waals surface area contributed by atoms with Gasteiger partial charge >= 0.3 is 11.3 Å².